The van der Waals surface area contributed by atoms with E-state index < -0.39 is 0 Å². The number of hydrogen-bond acceptors (Lipinski definition) is 2. The van der Waals surface area contributed by atoms with E-state index in [1.807, 2.05) is 36.1 Å². The summed E-state index contributed by atoms with van der Waals surface area (Å²) in [7, 11) is 0. The molecule has 1 saturated heterocycles. The van der Waals surface area contributed by atoms with E-state index in [4.69, 9.17) is 0 Å². The number of aromatic amines is 1. The van der Waals surface area contributed by atoms with Gasteiger partial charge in [-0.1, -0.05) is 12.1 Å². The average Bonchev–Trinajstić information content (AvgIpc) is 2.92. The van der Waals surface area contributed by atoms with Crippen LogP contribution in [0.5, 0.6) is 0 Å². The minimum Gasteiger partial charge on any atom is -0.340 e. The minimum absolute atomic E-state index is 0.0117. The summed E-state index contributed by atoms with van der Waals surface area (Å²) in [5.74, 6) is 0.802. The number of piperidine rings is 1. The van der Waals surface area contributed by atoms with Gasteiger partial charge in [0.05, 0.1) is 17.1 Å². The van der Waals surface area contributed by atoms with Crippen molar-refractivity contribution in [2.75, 3.05) is 13.1 Å². The Bertz CT molecular complexity index is 568. The normalized spacial score (nSPS) is 17.1. The number of benzene rings is 1. The molecule has 20 heavy (non-hydrogen) atoms. The van der Waals surface area contributed by atoms with Gasteiger partial charge < -0.3 is 15.2 Å². The van der Waals surface area contributed by atoms with E-state index >= 15 is 0 Å². The van der Waals surface area contributed by atoms with Crippen molar-refractivity contribution in [2.24, 2.45) is 0 Å². The summed E-state index contributed by atoms with van der Waals surface area (Å²) in [6, 6.07) is 7.79. The SMILES string of the molecule is CC(NC(=O)N1CCCCC1)c1nc2ccccc2[nH]1. The zero-order valence-corrected chi connectivity index (χ0v) is 11.7. The van der Waals surface area contributed by atoms with E-state index in [9.17, 15) is 4.79 Å². The number of carbonyl (C=O) groups excluding carboxylic acids is 1. The van der Waals surface area contributed by atoms with E-state index in [1.54, 1.807) is 0 Å². The van der Waals surface area contributed by atoms with Crippen molar-refractivity contribution >= 4 is 17.1 Å². The number of nitrogens with zero attached hydrogens (tertiary/aromatic N) is 2. The van der Waals surface area contributed by atoms with Gasteiger partial charge in [-0.25, -0.2) is 9.78 Å². The van der Waals surface area contributed by atoms with E-state index in [0.29, 0.717) is 0 Å². The van der Waals surface area contributed by atoms with Gasteiger partial charge in [0.2, 0.25) is 0 Å². The number of likely N-dealkylation sites (tertiary alicyclic amines) is 1. The van der Waals surface area contributed by atoms with Crippen LogP contribution in [0.1, 0.15) is 38.1 Å². The first-order valence-electron chi connectivity index (χ1n) is 7.24. The van der Waals surface area contributed by atoms with Gasteiger partial charge in [-0.2, -0.15) is 0 Å². The number of hydrogen-bond donors (Lipinski definition) is 2. The topological polar surface area (TPSA) is 61.0 Å². The van der Waals surface area contributed by atoms with E-state index in [0.717, 1.165) is 42.8 Å². The smallest absolute Gasteiger partial charge is 0.317 e. The van der Waals surface area contributed by atoms with Crippen LogP contribution in [0.3, 0.4) is 0 Å². The molecular formula is C15H20N4O. The number of carbonyl (C=O) groups is 1. The summed E-state index contributed by atoms with van der Waals surface area (Å²) in [5.41, 5.74) is 1.93. The fourth-order valence-corrected chi connectivity index (χ4v) is 2.62. The third-order valence-corrected chi connectivity index (χ3v) is 3.80. The Hall–Kier alpha value is -2.04. The minimum atomic E-state index is -0.114. The van der Waals surface area contributed by atoms with Crippen molar-refractivity contribution in [1.82, 2.24) is 20.2 Å². The molecule has 0 bridgehead atoms. The molecule has 0 radical (unpaired) electrons. The molecule has 5 heteroatoms. The van der Waals surface area contributed by atoms with Gasteiger partial charge >= 0.3 is 6.03 Å². The largest absolute Gasteiger partial charge is 0.340 e. The highest BCUT2D eigenvalue weighted by Gasteiger charge is 2.19. The Kier molecular flexibility index (Phi) is 3.58. The zero-order chi connectivity index (χ0) is 13.9. The van der Waals surface area contributed by atoms with Crippen molar-refractivity contribution in [2.45, 2.75) is 32.2 Å². The van der Waals surface area contributed by atoms with E-state index in [1.165, 1.54) is 6.42 Å². The number of aromatic nitrogens is 2. The Morgan fingerprint density at radius 1 is 1.30 bits per heavy atom. The molecule has 0 saturated carbocycles. The van der Waals surface area contributed by atoms with Gasteiger partial charge in [0.1, 0.15) is 5.82 Å². The number of imidazole rings is 1. The van der Waals surface area contributed by atoms with Crippen LogP contribution in [-0.2, 0) is 0 Å². The number of H-pyrrole nitrogens is 1. The summed E-state index contributed by atoms with van der Waals surface area (Å²) in [6.07, 6.45) is 3.43. The molecule has 0 spiro atoms. The van der Waals surface area contributed by atoms with Crippen LogP contribution < -0.4 is 5.32 Å². The average molecular weight is 272 g/mol. The standard InChI is InChI=1S/C15H20N4O/c1-11(16-15(20)19-9-5-2-6-10-19)14-17-12-7-3-4-8-13(12)18-14/h3-4,7-8,11H,2,5-6,9-10H2,1H3,(H,16,20)(H,17,18). The Morgan fingerprint density at radius 3 is 2.80 bits per heavy atom. The summed E-state index contributed by atoms with van der Waals surface area (Å²) < 4.78 is 0. The molecule has 1 unspecified atom stereocenters. The molecule has 1 aromatic carbocycles. The van der Waals surface area contributed by atoms with Crippen molar-refractivity contribution in [3.8, 4) is 0 Å². The van der Waals surface area contributed by atoms with Gasteiger partial charge in [0, 0.05) is 13.1 Å². The number of urea groups is 1. The second-order valence-corrected chi connectivity index (χ2v) is 5.36. The van der Waals surface area contributed by atoms with E-state index in [2.05, 4.69) is 15.3 Å². The van der Waals surface area contributed by atoms with E-state index in [-0.39, 0.29) is 12.1 Å². The molecule has 1 aliphatic rings. The van der Waals surface area contributed by atoms with Gasteiger partial charge in [0.25, 0.3) is 0 Å². The highest BCUT2D eigenvalue weighted by atomic mass is 16.2. The van der Waals surface area contributed by atoms with Gasteiger partial charge in [-0.05, 0) is 38.3 Å². The Labute approximate surface area is 118 Å². The third kappa shape index (κ3) is 2.61. The molecule has 1 aromatic heterocycles. The molecule has 2 amide bonds. The summed E-state index contributed by atoms with van der Waals surface area (Å²) in [5, 5.41) is 3.02. The lowest BCUT2D eigenvalue weighted by atomic mass is 10.1. The lowest BCUT2D eigenvalue weighted by Gasteiger charge is -2.28. The molecule has 2 N–H and O–H groups in total. The van der Waals surface area contributed by atoms with Crippen LogP contribution >= 0.6 is 0 Å². The Balaban J connectivity index is 1.68. The molecule has 2 aromatic rings. The van der Waals surface area contributed by atoms with Crippen LogP contribution in [-0.4, -0.2) is 34.0 Å². The maximum atomic E-state index is 12.2. The van der Waals surface area contributed by atoms with Crippen molar-refractivity contribution < 1.29 is 4.79 Å². The molecule has 1 aliphatic heterocycles. The quantitative estimate of drug-likeness (QED) is 0.883. The van der Waals surface area contributed by atoms with Gasteiger partial charge in [-0.3, -0.25) is 0 Å². The number of para-hydroxylation sites is 2. The molecule has 0 aliphatic carbocycles. The van der Waals surface area contributed by atoms with Crippen LogP contribution in [0.2, 0.25) is 0 Å². The van der Waals surface area contributed by atoms with Crippen molar-refractivity contribution in [3.63, 3.8) is 0 Å². The number of rotatable bonds is 2. The monoisotopic (exact) mass is 272 g/mol. The molecule has 1 fully saturated rings. The first-order valence-corrected chi connectivity index (χ1v) is 7.24. The fraction of sp³-hybridized carbons (Fsp3) is 0.467. The second kappa shape index (κ2) is 5.53. The Morgan fingerprint density at radius 2 is 2.05 bits per heavy atom. The van der Waals surface area contributed by atoms with Crippen LogP contribution in [0.15, 0.2) is 24.3 Å². The number of fused-ring (bicyclic) bond motifs is 1. The third-order valence-electron chi connectivity index (χ3n) is 3.80. The highest BCUT2D eigenvalue weighted by molar-refractivity contribution is 5.76. The van der Waals surface area contributed by atoms with Gasteiger partial charge in [0.15, 0.2) is 0 Å². The fourth-order valence-electron chi connectivity index (χ4n) is 2.62. The molecule has 5 nitrogen and oxygen atoms in total. The maximum absolute atomic E-state index is 12.2. The lowest BCUT2D eigenvalue weighted by molar-refractivity contribution is 0.183. The van der Waals surface area contributed by atoms with Crippen LogP contribution in [0.25, 0.3) is 11.0 Å². The molecule has 1 atom stereocenters. The van der Waals surface area contributed by atoms with Crippen LogP contribution in [0, 0.1) is 0 Å². The predicted molar refractivity (Wildman–Crippen MR) is 78.5 cm³/mol. The maximum Gasteiger partial charge on any atom is 0.317 e. The molecule has 3 rings (SSSR count). The highest BCUT2D eigenvalue weighted by Crippen LogP contribution is 2.16. The summed E-state index contributed by atoms with van der Waals surface area (Å²) >= 11 is 0. The summed E-state index contributed by atoms with van der Waals surface area (Å²) in [6.45, 7) is 3.68. The van der Waals surface area contributed by atoms with Crippen LogP contribution in [0.4, 0.5) is 4.79 Å². The first-order chi connectivity index (χ1) is 9.74. The molecule has 2 heterocycles. The summed E-state index contributed by atoms with van der Waals surface area (Å²) in [4.78, 5) is 21.8. The van der Waals surface area contributed by atoms with Crippen molar-refractivity contribution in [3.05, 3.63) is 30.1 Å². The molecular weight excluding hydrogens is 252 g/mol. The second-order valence-electron chi connectivity index (χ2n) is 5.36. The number of amides is 2. The van der Waals surface area contributed by atoms with Gasteiger partial charge in [-0.15, -0.1) is 0 Å². The molecule has 106 valence electrons. The van der Waals surface area contributed by atoms with Crippen molar-refractivity contribution in [1.29, 1.82) is 0 Å². The zero-order valence-electron chi connectivity index (χ0n) is 11.7. The predicted octanol–water partition coefficient (Wildman–Crippen LogP) is 2.82. The number of nitrogens with one attached hydrogen (secondary N) is 2. The lowest BCUT2D eigenvalue weighted by Crippen LogP contribution is -2.43. The first kappa shape index (κ1) is 13.0.